The maximum atomic E-state index is 9.96. The predicted molar refractivity (Wildman–Crippen MR) is 65.3 cm³/mol. The van der Waals surface area contributed by atoms with Gasteiger partial charge in [0.05, 0.1) is 20.3 Å². The number of aryl methyl sites for hydroxylation is 1. The second kappa shape index (κ2) is 8.73. The standard InChI is InChI=1S/C9H12O2.C4H8O2/c1-7-2-8(5-10)4-9(3-7)6-11;1-3-4(5)6-2/h2-4,10-11H,5-6H2,1H3;3H2,1-2H3. The molecule has 0 aliphatic rings. The third kappa shape index (κ3) is 6.71. The number of esters is 1. The number of carbonyl (C=O) groups is 1. The van der Waals surface area contributed by atoms with Crippen LogP contribution >= 0.6 is 0 Å². The molecule has 0 radical (unpaired) electrons. The second-order valence-electron chi connectivity index (χ2n) is 3.57. The van der Waals surface area contributed by atoms with Gasteiger partial charge in [0.15, 0.2) is 0 Å². The summed E-state index contributed by atoms with van der Waals surface area (Å²) in [6.45, 7) is 3.77. The van der Waals surface area contributed by atoms with Gasteiger partial charge < -0.3 is 14.9 Å². The molecule has 0 heterocycles. The van der Waals surface area contributed by atoms with E-state index in [2.05, 4.69) is 4.74 Å². The fraction of sp³-hybridized carbons (Fsp3) is 0.462. The summed E-state index contributed by atoms with van der Waals surface area (Å²) < 4.78 is 4.26. The number of benzene rings is 1. The maximum Gasteiger partial charge on any atom is 0.305 e. The average molecular weight is 240 g/mol. The van der Waals surface area contributed by atoms with Gasteiger partial charge in [-0.25, -0.2) is 0 Å². The molecule has 0 bridgehead atoms. The van der Waals surface area contributed by atoms with Gasteiger partial charge in [-0.1, -0.05) is 30.7 Å². The molecule has 0 unspecified atom stereocenters. The van der Waals surface area contributed by atoms with Gasteiger partial charge in [-0.2, -0.15) is 0 Å². The zero-order valence-electron chi connectivity index (χ0n) is 10.6. The largest absolute Gasteiger partial charge is 0.469 e. The summed E-state index contributed by atoms with van der Waals surface area (Å²) in [6, 6.07) is 5.60. The lowest BCUT2D eigenvalue weighted by atomic mass is 10.1. The van der Waals surface area contributed by atoms with Crippen LogP contribution < -0.4 is 0 Å². The number of aliphatic hydroxyl groups excluding tert-OH is 2. The summed E-state index contributed by atoms with van der Waals surface area (Å²) in [6.07, 6.45) is 0.469. The van der Waals surface area contributed by atoms with Gasteiger partial charge >= 0.3 is 5.97 Å². The monoisotopic (exact) mass is 240 g/mol. The zero-order chi connectivity index (χ0) is 13.3. The fourth-order valence-corrected chi connectivity index (χ4v) is 1.27. The van der Waals surface area contributed by atoms with Crippen LogP contribution in [0.4, 0.5) is 0 Å². The molecule has 1 aromatic rings. The minimum Gasteiger partial charge on any atom is -0.469 e. The molecule has 0 spiro atoms. The summed E-state index contributed by atoms with van der Waals surface area (Å²) >= 11 is 0. The number of hydrogen-bond acceptors (Lipinski definition) is 4. The Morgan fingerprint density at radius 1 is 1.18 bits per heavy atom. The lowest BCUT2D eigenvalue weighted by Gasteiger charge is -2.02. The van der Waals surface area contributed by atoms with Crippen LogP contribution in [0.5, 0.6) is 0 Å². The molecule has 0 saturated heterocycles. The van der Waals surface area contributed by atoms with E-state index < -0.39 is 0 Å². The third-order valence-electron chi connectivity index (χ3n) is 2.08. The highest BCUT2D eigenvalue weighted by Gasteiger charge is 1.95. The van der Waals surface area contributed by atoms with Crippen molar-refractivity contribution in [2.45, 2.75) is 33.5 Å². The summed E-state index contributed by atoms with van der Waals surface area (Å²) in [5.74, 6) is -0.157. The van der Waals surface area contributed by atoms with Crippen molar-refractivity contribution in [1.82, 2.24) is 0 Å². The molecule has 17 heavy (non-hydrogen) atoms. The van der Waals surface area contributed by atoms with Crippen LogP contribution in [0.25, 0.3) is 0 Å². The van der Waals surface area contributed by atoms with Gasteiger partial charge in [-0.3, -0.25) is 4.79 Å². The Balaban J connectivity index is 0.000000366. The van der Waals surface area contributed by atoms with Gasteiger partial charge in [0.25, 0.3) is 0 Å². The average Bonchev–Trinajstić information content (AvgIpc) is 2.37. The van der Waals surface area contributed by atoms with E-state index in [1.807, 2.05) is 19.1 Å². The Labute approximate surface area is 102 Å². The van der Waals surface area contributed by atoms with Crippen molar-refractivity contribution in [2.24, 2.45) is 0 Å². The van der Waals surface area contributed by atoms with Gasteiger partial charge in [-0.15, -0.1) is 0 Å². The van der Waals surface area contributed by atoms with Gasteiger partial charge in [0, 0.05) is 6.42 Å². The number of rotatable bonds is 3. The lowest BCUT2D eigenvalue weighted by molar-refractivity contribution is -0.140. The Bertz CT molecular complexity index is 319. The molecule has 1 aromatic carbocycles. The lowest BCUT2D eigenvalue weighted by Crippen LogP contribution is -1.94. The SMILES string of the molecule is CCC(=O)OC.Cc1cc(CO)cc(CO)c1. The highest BCUT2D eigenvalue weighted by atomic mass is 16.5. The van der Waals surface area contributed by atoms with E-state index in [0.717, 1.165) is 16.7 Å². The quantitative estimate of drug-likeness (QED) is 0.787. The summed E-state index contributed by atoms with van der Waals surface area (Å²) in [5.41, 5.74) is 2.78. The van der Waals surface area contributed by atoms with Crippen LogP contribution in [0.15, 0.2) is 18.2 Å². The number of carbonyl (C=O) groups excluding carboxylic acids is 1. The normalized spacial score (nSPS) is 9.24. The van der Waals surface area contributed by atoms with Crippen molar-refractivity contribution in [2.75, 3.05) is 7.11 Å². The topological polar surface area (TPSA) is 66.8 Å². The van der Waals surface area contributed by atoms with Crippen LogP contribution in [0.2, 0.25) is 0 Å². The molecule has 0 atom stereocenters. The molecule has 4 heteroatoms. The van der Waals surface area contributed by atoms with Crippen LogP contribution in [-0.2, 0) is 22.7 Å². The second-order valence-corrected chi connectivity index (χ2v) is 3.57. The molecular formula is C13H20O4. The number of aliphatic hydroxyl groups is 2. The molecule has 0 aliphatic carbocycles. The van der Waals surface area contributed by atoms with Crippen LogP contribution in [0.3, 0.4) is 0 Å². The number of hydrogen-bond donors (Lipinski definition) is 2. The minimum atomic E-state index is -0.157. The van der Waals surface area contributed by atoms with Crippen molar-refractivity contribution in [3.8, 4) is 0 Å². The molecule has 2 N–H and O–H groups in total. The van der Waals surface area contributed by atoms with E-state index in [1.54, 1.807) is 13.0 Å². The van der Waals surface area contributed by atoms with Gasteiger partial charge in [0.1, 0.15) is 0 Å². The van der Waals surface area contributed by atoms with E-state index in [1.165, 1.54) is 7.11 Å². The van der Waals surface area contributed by atoms with Crippen molar-refractivity contribution in [3.63, 3.8) is 0 Å². The summed E-state index contributed by atoms with van der Waals surface area (Å²) in [5, 5.41) is 17.6. The Morgan fingerprint density at radius 2 is 1.65 bits per heavy atom. The smallest absolute Gasteiger partial charge is 0.305 e. The number of methoxy groups -OCH3 is 1. The molecule has 0 aliphatic heterocycles. The first-order valence-electron chi connectivity index (χ1n) is 5.45. The molecular weight excluding hydrogens is 220 g/mol. The summed E-state index contributed by atoms with van der Waals surface area (Å²) in [7, 11) is 1.38. The van der Waals surface area contributed by atoms with E-state index in [9.17, 15) is 4.79 Å². The predicted octanol–water partition coefficient (Wildman–Crippen LogP) is 1.55. The van der Waals surface area contributed by atoms with Crippen LogP contribution in [0.1, 0.15) is 30.0 Å². The van der Waals surface area contributed by atoms with Crippen molar-refractivity contribution < 1.29 is 19.7 Å². The van der Waals surface area contributed by atoms with Gasteiger partial charge in [0.2, 0.25) is 0 Å². The molecule has 0 aromatic heterocycles. The van der Waals surface area contributed by atoms with E-state index in [0.29, 0.717) is 6.42 Å². The third-order valence-corrected chi connectivity index (χ3v) is 2.08. The van der Waals surface area contributed by atoms with E-state index in [4.69, 9.17) is 10.2 Å². The Kier molecular flexibility index (Phi) is 8.01. The first-order chi connectivity index (χ1) is 8.07. The maximum absolute atomic E-state index is 9.96. The molecule has 4 nitrogen and oxygen atoms in total. The summed E-state index contributed by atoms with van der Waals surface area (Å²) in [4.78, 5) is 9.96. The van der Waals surface area contributed by atoms with Crippen molar-refractivity contribution in [3.05, 3.63) is 34.9 Å². The zero-order valence-corrected chi connectivity index (χ0v) is 10.6. The minimum absolute atomic E-state index is 0.0364. The van der Waals surface area contributed by atoms with Crippen LogP contribution in [-0.4, -0.2) is 23.3 Å². The highest BCUT2D eigenvalue weighted by molar-refractivity contribution is 5.68. The fourth-order valence-electron chi connectivity index (χ4n) is 1.27. The molecule has 0 saturated carbocycles. The first-order valence-corrected chi connectivity index (χ1v) is 5.45. The van der Waals surface area contributed by atoms with E-state index >= 15 is 0 Å². The molecule has 1 rings (SSSR count). The van der Waals surface area contributed by atoms with Crippen LogP contribution in [0, 0.1) is 6.92 Å². The Hall–Kier alpha value is -1.39. The Morgan fingerprint density at radius 3 is 1.88 bits per heavy atom. The first kappa shape index (κ1) is 15.6. The number of ether oxygens (including phenoxy) is 1. The molecule has 0 fully saturated rings. The molecule has 96 valence electrons. The van der Waals surface area contributed by atoms with Gasteiger partial charge in [-0.05, 0) is 18.1 Å². The molecule has 0 amide bonds. The highest BCUT2D eigenvalue weighted by Crippen LogP contribution is 2.09. The van der Waals surface area contributed by atoms with Crippen molar-refractivity contribution in [1.29, 1.82) is 0 Å². The van der Waals surface area contributed by atoms with E-state index in [-0.39, 0.29) is 19.2 Å². The van der Waals surface area contributed by atoms with Crippen molar-refractivity contribution >= 4 is 5.97 Å².